The predicted octanol–water partition coefficient (Wildman–Crippen LogP) is 2.44. The minimum absolute atomic E-state index is 0. The van der Waals surface area contributed by atoms with Crippen LogP contribution in [0.15, 0.2) is 27.8 Å². The van der Waals surface area contributed by atoms with Crippen LogP contribution in [0.2, 0.25) is 0 Å². The summed E-state index contributed by atoms with van der Waals surface area (Å²) in [5, 5.41) is 3.55. The minimum Gasteiger partial charge on any atom is -0.469 e. The van der Waals surface area contributed by atoms with Gasteiger partial charge >= 0.3 is 0 Å². The molecule has 1 unspecified atom stereocenters. The highest BCUT2D eigenvalue weighted by Crippen LogP contribution is 2.14. The fraction of sp³-hybridized carbons (Fsp3) is 0.750. The van der Waals surface area contributed by atoms with E-state index in [9.17, 15) is 4.79 Å². The van der Waals surface area contributed by atoms with Gasteiger partial charge in [-0.25, -0.2) is 0 Å². The van der Waals surface area contributed by atoms with Gasteiger partial charge in [0.05, 0.1) is 19.4 Å². The van der Waals surface area contributed by atoms with E-state index >= 15 is 0 Å². The van der Waals surface area contributed by atoms with Crippen molar-refractivity contribution in [2.75, 3.05) is 72.1 Å². The Kier molecular flexibility index (Phi) is 11.3. The molecule has 3 aliphatic heterocycles. The Morgan fingerprint density at radius 3 is 2.52 bits per heavy atom. The summed E-state index contributed by atoms with van der Waals surface area (Å²) in [6.07, 6.45) is 8.45. The monoisotopic (exact) mass is 573 g/mol. The van der Waals surface area contributed by atoms with Crippen LogP contribution >= 0.6 is 24.0 Å². The topological polar surface area (TPSA) is 73.5 Å². The zero-order chi connectivity index (χ0) is 22.0. The summed E-state index contributed by atoms with van der Waals surface area (Å²) in [4.78, 5) is 24.4. The number of carbonyl (C=O) groups is 1. The zero-order valence-electron chi connectivity index (χ0n) is 19.8. The number of likely N-dealkylation sites (tertiary alicyclic amines) is 1. The summed E-state index contributed by atoms with van der Waals surface area (Å²) < 4.78 is 11.0. The lowest BCUT2D eigenvalue weighted by Crippen LogP contribution is -2.54. The number of furan rings is 1. The van der Waals surface area contributed by atoms with E-state index < -0.39 is 0 Å². The van der Waals surface area contributed by atoms with Gasteiger partial charge in [-0.3, -0.25) is 14.7 Å². The quantitative estimate of drug-likeness (QED) is 0.307. The predicted molar refractivity (Wildman–Crippen MR) is 140 cm³/mol. The van der Waals surface area contributed by atoms with E-state index in [1.165, 1.54) is 12.8 Å². The molecule has 0 saturated carbocycles. The van der Waals surface area contributed by atoms with Crippen molar-refractivity contribution in [3.8, 4) is 0 Å². The average molecular weight is 574 g/mol. The molecule has 0 radical (unpaired) electrons. The molecule has 8 nitrogen and oxygen atoms in total. The summed E-state index contributed by atoms with van der Waals surface area (Å²) in [6.45, 7) is 9.24. The number of nitrogens with zero attached hydrogens (tertiary/aromatic N) is 4. The zero-order valence-corrected chi connectivity index (χ0v) is 22.1. The van der Waals surface area contributed by atoms with Gasteiger partial charge in [-0.15, -0.1) is 24.0 Å². The van der Waals surface area contributed by atoms with Crippen LogP contribution in [-0.2, 0) is 16.0 Å². The first-order chi connectivity index (χ1) is 15.8. The van der Waals surface area contributed by atoms with Crippen LogP contribution in [0.1, 0.15) is 37.9 Å². The number of hydrogen-bond acceptors (Lipinski definition) is 5. The molecule has 3 saturated heterocycles. The summed E-state index contributed by atoms with van der Waals surface area (Å²) in [5.41, 5.74) is 0. The summed E-state index contributed by atoms with van der Waals surface area (Å²) in [5.74, 6) is 2.77. The fourth-order valence-electron chi connectivity index (χ4n) is 4.69. The number of guanidine groups is 1. The molecular weight excluding hydrogens is 533 g/mol. The van der Waals surface area contributed by atoms with Crippen LogP contribution in [0.25, 0.3) is 0 Å². The molecule has 9 heteroatoms. The van der Waals surface area contributed by atoms with E-state index in [0.717, 1.165) is 103 Å². The Morgan fingerprint density at radius 1 is 1.06 bits per heavy atom. The molecule has 0 spiro atoms. The molecule has 1 N–H and O–H groups in total. The van der Waals surface area contributed by atoms with Crippen molar-refractivity contribution in [3.05, 3.63) is 24.2 Å². The highest BCUT2D eigenvalue weighted by atomic mass is 127. The lowest BCUT2D eigenvalue weighted by molar-refractivity contribution is -0.132. The van der Waals surface area contributed by atoms with Crippen molar-refractivity contribution in [2.24, 2.45) is 10.9 Å². The van der Waals surface area contributed by atoms with E-state index in [-0.39, 0.29) is 24.0 Å². The van der Waals surface area contributed by atoms with Gasteiger partial charge < -0.3 is 24.3 Å². The van der Waals surface area contributed by atoms with Crippen molar-refractivity contribution < 1.29 is 13.9 Å². The number of rotatable bonds is 7. The molecule has 3 aliphatic rings. The first kappa shape index (κ1) is 26.3. The largest absolute Gasteiger partial charge is 0.469 e. The first-order valence-electron chi connectivity index (χ1n) is 12.4. The molecule has 4 heterocycles. The molecule has 33 heavy (non-hydrogen) atoms. The Labute approximate surface area is 215 Å². The van der Waals surface area contributed by atoms with Crippen LogP contribution in [0.4, 0.5) is 0 Å². The third kappa shape index (κ3) is 8.43. The second-order valence-electron chi connectivity index (χ2n) is 9.21. The summed E-state index contributed by atoms with van der Waals surface area (Å²) in [7, 11) is 0. The molecule has 4 rings (SSSR count). The van der Waals surface area contributed by atoms with Crippen molar-refractivity contribution in [3.63, 3.8) is 0 Å². The number of halogens is 1. The smallest absolute Gasteiger partial charge is 0.236 e. The molecule has 0 bridgehead atoms. The van der Waals surface area contributed by atoms with Gasteiger partial charge in [0, 0.05) is 71.3 Å². The molecule has 1 aromatic rings. The van der Waals surface area contributed by atoms with Gasteiger partial charge in [-0.05, 0) is 31.4 Å². The molecule has 1 atom stereocenters. The molecular formula is C24H40IN5O3. The van der Waals surface area contributed by atoms with Crippen LogP contribution in [-0.4, -0.2) is 98.7 Å². The normalized spacial score (nSPS) is 22.7. The van der Waals surface area contributed by atoms with Crippen molar-refractivity contribution in [2.45, 2.75) is 38.5 Å². The summed E-state index contributed by atoms with van der Waals surface area (Å²) in [6, 6.07) is 3.94. The summed E-state index contributed by atoms with van der Waals surface area (Å²) >= 11 is 0. The van der Waals surface area contributed by atoms with Gasteiger partial charge in [0.25, 0.3) is 0 Å². The van der Waals surface area contributed by atoms with Gasteiger partial charge in [0.2, 0.25) is 5.91 Å². The molecule has 1 aromatic heterocycles. The van der Waals surface area contributed by atoms with Crippen molar-refractivity contribution in [1.82, 2.24) is 20.0 Å². The number of ether oxygens (including phenoxy) is 1. The van der Waals surface area contributed by atoms with Gasteiger partial charge in [-0.1, -0.05) is 12.8 Å². The van der Waals surface area contributed by atoms with Gasteiger partial charge in [0.15, 0.2) is 5.96 Å². The number of hydrogen-bond donors (Lipinski definition) is 1. The number of amides is 1. The second kappa shape index (κ2) is 14.2. The molecule has 3 fully saturated rings. The number of piperazine rings is 1. The van der Waals surface area contributed by atoms with Crippen LogP contribution < -0.4 is 5.32 Å². The van der Waals surface area contributed by atoms with E-state index in [1.807, 2.05) is 12.1 Å². The minimum atomic E-state index is 0. The highest BCUT2D eigenvalue weighted by Gasteiger charge is 2.24. The third-order valence-corrected chi connectivity index (χ3v) is 6.75. The fourth-order valence-corrected chi connectivity index (χ4v) is 4.69. The second-order valence-corrected chi connectivity index (χ2v) is 9.21. The molecule has 0 aliphatic carbocycles. The van der Waals surface area contributed by atoms with Crippen molar-refractivity contribution in [1.29, 1.82) is 0 Å². The van der Waals surface area contributed by atoms with E-state index in [2.05, 4.69) is 20.0 Å². The van der Waals surface area contributed by atoms with Gasteiger partial charge in [-0.2, -0.15) is 0 Å². The lowest BCUT2D eigenvalue weighted by Gasteiger charge is -2.37. The van der Waals surface area contributed by atoms with E-state index in [1.54, 1.807) is 6.26 Å². The number of carbonyl (C=O) groups excluding carboxylic acids is 1. The third-order valence-electron chi connectivity index (χ3n) is 6.75. The van der Waals surface area contributed by atoms with E-state index in [4.69, 9.17) is 14.1 Å². The number of nitrogens with one attached hydrogen (secondary N) is 1. The highest BCUT2D eigenvalue weighted by molar-refractivity contribution is 14.0. The molecule has 0 aromatic carbocycles. The maximum Gasteiger partial charge on any atom is 0.236 e. The maximum absolute atomic E-state index is 12.8. The van der Waals surface area contributed by atoms with Gasteiger partial charge in [0.1, 0.15) is 5.76 Å². The number of aliphatic imine (C=N–C) groups is 1. The molecule has 186 valence electrons. The SMILES string of the molecule is I.O=C(CN1CCN(C(=NCC2CCOC2)NCCc2ccco2)CC1)N1CCCCCC1. The maximum atomic E-state index is 12.8. The lowest BCUT2D eigenvalue weighted by atomic mass is 10.1. The molecule has 1 amide bonds. The Bertz CT molecular complexity index is 708. The van der Waals surface area contributed by atoms with E-state index in [0.29, 0.717) is 18.4 Å². The standard InChI is InChI=1S/C24H39N5O3.HI/c30-23(28-10-3-1-2-4-11-28)19-27-12-14-29(15-13-27)24(26-18-21-8-17-31-20-21)25-9-7-22-6-5-16-32-22;/h5-6,16,21H,1-4,7-15,17-20H2,(H,25,26);1H. The Hall–Kier alpha value is -1.33. The first-order valence-corrected chi connectivity index (χ1v) is 12.4. The Morgan fingerprint density at radius 2 is 1.85 bits per heavy atom. The van der Waals surface area contributed by atoms with Crippen molar-refractivity contribution >= 4 is 35.8 Å². The van der Waals surface area contributed by atoms with Crippen LogP contribution in [0.5, 0.6) is 0 Å². The van der Waals surface area contributed by atoms with Crippen LogP contribution in [0.3, 0.4) is 0 Å². The Balaban J connectivity index is 0.00000306. The van der Waals surface area contributed by atoms with Crippen LogP contribution in [0, 0.1) is 5.92 Å². The average Bonchev–Trinajstić information content (AvgIpc) is 3.46.